The maximum Gasteiger partial charge on any atom is 0.415 e. The summed E-state index contributed by atoms with van der Waals surface area (Å²) in [6.45, 7) is 1.32. The molecule has 1 amide bonds. The molecule has 0 spiro atoms. The van der Waals surface area contributed by atoms with Crippen LogP contribution in [-0.4, -0.2) is 41.9 Å². The number of carbonyl (C=O) groups excluding carboxylic acids is 2. The topological polar surface area (TPSA) is 99.0 Å². The van der Waals surface area contributed by atoms with Gasteiger partial charge in [-0.15, -0.1) is 0 Å². The molecule has 0 unspecified atom stereocenters. The van der Waals surface area contributed by atoms with E-state index in [1.807, 2.05) is 0 Å². The van der Waals surface area contributed by atoms with Crippen LogP contribution in [0, 0.1) is 10.1 Å². The normalized spacial score (nSPS) is 16.9. The molecule has 2 heterocycles. The number of nitro benzene ring substituents is 1. The third-order valence-electron chi connectivity index (χ3n) is 5.18. The molecular weight excluding hydrogens is 420 g/mol. The average Bonchev–Trinajstić information content (AvgIpc) is 3.11. The third kappa shape index (κ3) is 4.27. The molecule has 160 valence electrons. The summed E-state index contributed by atoms with van der Waals surface area (Å²) in [6.07, 6.45) is 4.24. The van der Waals surface area contributed by atoms with Gasteiger partial charge < -0.3 is 14.4 Å². The monoisotopic (exact) mass is 440 g/mol. The first-order valence-corrected chi connectivity index (χ1v) is 10.7. The molecule has 2 aliphatic rings. The lowest BCUT2D eigenvalue weighted by molar-refractivity contribution is -0.384. The molecule has 1 fully saturated rings. The maximum atomic E-state index is 13.1. The van der Waals surface area contributed by atoms with Gasteiger partial charge in [0.05, 0.1) is 27.4 Å². The van der Waals surface area contributed by atoms with Gasteiger partial charge in [0.25, 0.3) is 5.69 Å². The van der Waals surface area contributed by atoms with E-state index in [2.05, 4.69) is 0 Å². The predicted molar refractivity (Wildman–Crippen MR) is 116 cm³/mol. The van der Waals surface area contributed by atoms with Gasteiger partial charge in [0.15, 0.2) is 0 Å². The Morgan fingerprint density at radius 3 is 2.42 bits per heavy atom. The lowest BCUT2D eigenvalue weighted by Crippen LogP contribution is -2.37. The summed E-state index contributed by atoms with van der Waals surface area (Å²) in [5.41, 5.74) is 0.981. The van der Waals surface area contributed by atoms with Gasteiger partial charge in [0, 0.05) is 25.2 Å². The SMILES string of the molecule is COc1ccc(OC(=O)N2CCCCC2)c2c1C(=O)/C(=C/c1ccc([N+](=O)[O-])cc1)S2. The van der Waals surface area contributed by atoms with Crippen molar-refractivity contribution in [3.63, 3.8) is 0 Å². The number of allylic oxidation sites excluding steroid dienone is 1. The van der Waals surface area contributed by atoms with Gasteiger partial charge in [-0.3, -0.25) is 14.9 Å². The first-order chi connectivity index (χ1) is 15.0. The van der Waals surface area contributed by atoms with Gasteiger partial charge >= 0.3 is 6.09 Å². The predicted octanol–water partition coefficient (Wildman–Crippen LogP) is 4.92. The summed E-state index contributed by atoms with van der Waals surface area (Å²) < 4.78 is 11.0. The molecule has 0 aliphatic carbocycles. The van der Waals surface area contributed by atoms with Crippen molar-refractivity contribution in [2.24, 2.45) is 0 Å². The van der Waals surface area contributed by atoms with E-state index in [-0.39, 0.29) is 11.5 Å². The number of thioether (sulfide) groups is 1. The number of hydrogen-bond acceptors (Lipinski definition) is 7. The van der Waals surface area contributed by atoms with Crippen LogP contribution in [-0.2, 0) is 0 Å². The zero-order chi connectivity index (χ0) is 22.0. The number of likely N-dealkylation sites (tertiary alicyclic amines) is 1. The summed E-state index contributed by atoms with van der Waals surface area (Å²) in [6, 6.07) is 9.18. The highest BCUT2D eigenvalue weighted by Gasteiger charge is 2.34. The Kier molecular flexibility index (Phi) is 5.94. The molecule has 0 radical (unpaired) electrons. The zero-order valence-corrected chi connectivity index (χ0v) is 17.6. The molecule has 0 aromatic heterocycles. The molecule has 2 aromatic rings. The van der Waals surface area contributed by atoms with E-state index < -0.39 is 11.0 Å². The molecule has 0 atom stereocenters. The van der Waals surface area contributed by atoms with E-state index in [0.29, 0.717) is 45.5 Å². The van der Waals surface area contributed by atoms with Crippen LogP contribution in [0.25, 0.3) is 6.08 Å². The quantitative estimate of drug-likeness (QED) is 0.378. The molecule has 0 bridgehead atoms. The maximum absolute atomic E-state index is 13.1. The minimum absolute atomic E-state index is 0.0237. The van der Waals surface area contributed by atoms with E-state index in [0.717, 1.165) is 19.3 Å². The Labute approximate surface area is 183 Å². The van der Waals surface area contributed by atoms with Crippen LogP contribution in [0.4, 0.5) is 10.5 Å². The van der Waals surface area contributed by atoms with E-state index in [1.54, 1.807) is 35.2 Å². The standard InChI is InChI=1S/C22H20N2O6S/c1-29-16-9-10-17(30-22(26)23-11-3-2-4-12-23)21-19(16)20(25)18(31-21)13-14-5-7-15(8-6-14)24(27)28/h5-10,13H,2-4,11-12H2,1H3/b18-13-. The van der Waals surface area contributed by atoms with Crippen LogP contribution in [0.15, 0.2) is 46.2 Å². The summed E-state index contributed by atoms with van der Waals surface area (Å²) in [4.78, 5) is 38.6. The molecule has 8 nitrogen and oxygen atoms in total. The molecule has 31 heavy (non-hydrogen) atoms. The van der Waals surface area contributed by atoms with Crippen molar-refractivity contribution in [1.29, 1.82) is 0 Å². The summed E-state index contributed by atoms with van der Waals surface area (Å²) >= 11 is 1.20. The number of rotatable bonds is 4. The summed E-state index contributed by atoms with van der Waals surface area (Å²) in [5.74, 6) is 0.472. The lowest BCUT2D eigenvalue weighted by atomic mass is 10.1. The summed E-state index contributed by atoms with van der Waals surface area (Å²) in [7, 11) is 1.48. The van der Waals surface area contributed by atoms with Crippen molar-refractivity contribution in [2.45, 2.75) is 24.2 Å². The van der Waals surface area contributed by atoms with Crippen molar-refractivity contribution in [1.82, 2.24) is 4.90 Å². The van der Waals surface area contributed by atoms with Crippen LogP contribution >= 0.6 is 11.8 Å². The Hall–Kier alpha value is -3.33. The highest BCUT2D eigenvalue weighted by Crippen LogP contribution is 2.49. The molecule has 0 saturated carbocycles. The van der Waals surface area contributed by atoms with E-state index in [4.69, 9.17) is 9.47 Å². The van der Waals surface area contributed by atoms with Crippen LogP contribution in [0.5, 0.6) is 11.5 Å². The number of ether oxygens (including phenoxy) is 2. The van der Waals surface area contributed by atoms with Gasteiger partial charge in [-0.2, -0.15) is 0 Å². The number of methoxy groups -OCH3 is 1. The van der Waals surface area contributed by atoms with Crippen molar-refractivity contribution >= 4 is 35.4 Å². The van der Waals surface area contributed by atoms with E-state index >= 15 is 0 Å². The molecule has 2 aliphatic heterocycles. The second kappa shape index (κ2) is 8.81. The Morgan fingerprint density at radius 2 is 1.77 bits per heavy atom. The molecule has 2 aromatic carbocycles. The lowest BCUT2D eigenvalue weighted by Gasteiger charge is -2.26. The van der Waals surface area contributed by atoms with Crippen molar-refractivity contribution in [2.75, 3.05) is 20.2 Å². The minimum Gasteiger partial charge on any atom is -0.496 e. The number of benzene rings is 2. The van der Waals surface area contributed by atoms with Gasteiger partial charge in [-0.1, -0.05) is 11.8 Å². The number of amides is 1. The zero-order valence-electron chi connectivity index (χ0n) is 16.8. The van der Waals surface area contributed by atoms with Crippen LogP contribution in [0.2, 0.25) is 0 Å². The number of nitrogens with zero attached hydrogens (tertiary/aromatic N) is 2. The Bertz CT molecular complexity index is 1070. The number of nitro groups is 1. The molecule has 4 rings (SSSR count). The second-order valence-corrected chi connectivity index (χ2v) is 8.23. The van der Waals surface area contributed by atoms with E-state index in [1.165, 1.54) is 31.0 Å². The van der Waals surface area contributed by atoms with Crippen molar-refractivity contribution < 1.29 is 24.0 Å². The third-order valence-corrected chi connectivity index (χ3v) is 6.31. The number of ketones is 1. The van der Waals surface area contributed by atoms with Gasteiger partial charge in [0.2, 0.25) is 5.78 Å². The summed E-state index contributed by atoms with van der Waals surface area (Å²) in [5, 5.41) is 10.8. The Morgan fingerprint density at radius 1 is 1.10 bits per heavy atom. The fourth-order valence-corrected chi connectivity index (χ4v) is 4.68. The Balaban J connectivity index is 1.62. The number of non-ortho nitro benzene ring substituents is 1. The van der Waals surface area contributed by atoms with Gasteiger partial charge in [0.1, 0.15) is 11.5 Å². The number of Topliss-reactive ketones (excluding diaryl/α,β-unsaturated/α-hetero) is 1. The number of piperidine rings is 1. The largest absolute Gasteiger partial charge is 0.496 e. The second-order valence-electron chi connectivity index (χ2n) is 7.17. The van der Waals surface area contributed by atoms with Crippen molar-refractivity contribution in [3.8, 4) is 11.5 Å². The smallest absolute Gasteiger partial charge is 0.415 e. The number of fused-ring (bicyclic) bond motifs is 1. The van der Waals surface area contributed by atoms with Crippen molar-refractivity contribution in [3.05, 3.63) is 62.5 Å². The minimum atomic E-state index is -0.476. The highest BCUT2D eigenvalue weighted by atomic mass is 32.2. The molecule has 0 N–H and O–H groups in total. The average molecular weight is 440 g/mol. The van der Waals surface area contributed by atoms with Crippen LogP contribution in [0.3, 0.4) is 0 Å². The number of hydrogen-bond donors (Lipinski definition) is 0. The highest BCUT2D eigenvalue weighted by molar-refractivity contribution is 8.05. The fourth-order valence-electron chi connectivity index (χ4n) is 3.57. The first-order valence-electron chi connectivity index (χ1n) is 9.84. The fraction of sp³-hybridized carbons (Fsp3) is 0.273. The molecule has 1 saturated heterocycles. The number of carbonyl (C=O) groups is 2. The van der Waals surface area contributed by atoms with Gasteiger partial charge in [-0.25, -0.2) is 4.79 Å². The van der Waals surface area contributed by atoms with Crippen LogP contribution in [0.1, 0.15) is 35.2 Å². The van der Waals surface area contributed by atoms with E-state index in [9.17, 15) is 19.7 Å². The molecular formula is C22H20N2O6S. The van der Waals surface area contributed by atoms with Gasteiger partial charge in [-0.05, 0) is 55.2 Å². The van der Waals surface area contributed by atoms with Crippen LogP contribution < -0.4 is 9.47 Å². The molecule has 9 heteroatoms. The first kappa shape index (κ1) is 20.9.